The lowest BCUT2D eigenvalue weighted by atomic mass is 9.87. The van der Waals surface area contributed by atoms with Crippen molar-refractivity contribution >= 4 is 27.5 Å². The maximum Gasteiger partial charge on any atom is 0.244 e. The number of anilines is 1. The number of nitrogens with one attached hydrogen (secondary N) is 1. The molecule has 0 fully saturated rings. The van der Waals surface area contributed by atoms with Gasteiger partial charge in [-0.1, -0.05) is 58.9 Å². The van der Waals surface area contributed by atoms with Crippen molar-refractivity contribution in [3.8, 4) is 5.75 Å². The Balaban J connectivity index is 2.45. The Labute approximate surface area is 228 Å². The second-order valence-corrected chi connectivity index (χ2v) is 12.6. The minimum Gasteiger partial charge on any atom is -0.497 e. The van der Waals surface area contributed by atoms with Gasteiger partial charge in [-0.05, 0) is 60.6 Å². The molecule has 0 bridgehead atoms. The lowest BCUT2D eigenvalue weighted by Crippen LogP contribution is -2.53. The van der Waals surface area contributed by atoms with Gasteiger partial charge in [0.15, 0.2) is 0 Å². The number of rotatable bonds is 12. The summed E-state index contributed by atoms with van der Waals surface area (Å²) in [6.07, 6.45) is 2.21. The number of carbonyl (C=O) groups excluding carboxylic acids is 2. The zero-order valence-corrected chi connectivity index (χ0v) is 24.8. The summed E-state index contributed by atoms with van der Waals surface area (Å²) in [6, 6.07) is 13.6. The lowest BCUT2D eigenvalue weighted by Gasteiger charge is -2.33. The van der Waals surface area contributed by atoms with Crippen LogP contribution >= 0.6 is 0 Å². The van der Waals surface area contributed by atoms with E-state index >= 15 is 0 Å². The highest BCUT2D eigenvalue weighted by molar-refractivity contribution is 7.92. The molecule has 0 unspecified atom stereocenters. The standard InChI is InChI=1S/C29H43N3O5S/c1-9-21(3)30-28(34)26(10-2)31(19-22-11-17-25(37-7)18-12-22)27(33)20-32(38(8,35)36)24-15-13-23(14-16-24)29(4,5)6/h11-18,21,26H,9-10,19-20H2,1-8H3,(H,30,34)/t21-,26+/m1/s1. The molecule has 9 heteroatoms. The molecule has 0 saturated heterocycles. The molecule has 0 aromatic heterocycles. The van der Waals surface area contributed by atoms with E-state index < -0.39 is 28.5 Å². The van der Waals surface area contributed by atoms with Crippen LogP contribution in [0.3, 0.4) is 0 Å². The lowest BCUT2D eigenvalue weighted by molar-refractivity contribution is -0.140. The number of methoxy groups -OCH3 is 1. The molecular weight excluding hydrogens is 502 g/mol. The second-order valence-electron chi connectivity index (χ2n) is 10.7. The van der Waals surface area contributed by atoms with Crippen molar-refractivity contribution < 1.29 is 22.7 Å². The topological polar surface area (TPSA) is 96.0 Å². The summed E-state index contributed by atoms with van der Waals surface area (Å²) in [5.74, 6) is -0.0448. The highest BCUT2D eigenvalue weighted by Crippen LogP contribution is 2.26. The van der Waals surface area contributed by atoms with Gasteiger partial charge in [0, 0.05) is 12.6 Å². The Morgan fingerprint density at radius 2 is 1.55 bits per heavy atom. The molecule has 1 N–H and O–H groups in total. The van der Waals surface area contributed by atoms with E-state index in [2.05, 4.69) is 26.1 Å². The van der Waals surface area contributed by atoms with E-state index in [0.717, 1.165) is 28.1 Å². The van der Waals surface area contributed by atoms with Crippen molar-refractivity contribution in [2.75, 3.05) is 24.2 Å². The van der Waals surface area contributed by atoms with E-state index in [4.69, 9.17) is 4.74 Å². The van der Waals surface area contributed by atoms with E-state index in [1.165, 1.54) is 4.90 Å². The number of ether oxygens (including phenoxy) is 1. The molecule has 0 aliphatic rings. The van der Waals surface area contributed by atoms with Crippen LogP contribution in [0.2, 0.25) is 0 Å². The fraction of sp³-hybridized carbons (Fsp3) is 0.517. The van der Waals surface area contributed by atoms with Crippen molar-refractivity contribution in [1.29, 1.82) is 0 Å². The van der Waals surface area contributed by atoms with Crippen LogP contribution in [0.15, 0.2) is 48.5 Å². The minimum absolute atomic E-state index is 0.0525. The van der Waals surface area contributed by atoms with Crippen LogP contribution in [0, 0.1) is 0 Å². The van der Waals surface area contributed by atoms with E-state index in [1.807, 2.05) is 45.0 Å². The first kappa shape index (κ1) is 31.1. The summed E-state index contributed by atoms with van der Waals surface area (Å²) in [4.78, 5) is 28.5. The maximum absolute atomic E-state index is 13.8. The third kappa shape index (κ3) is 8.48. The smallest absolute Gasteiger partial charge is 0.244 e. The molecule has 2 aromatic rings. The van der Waals surface area contributed by atoms with Crippen molar-refractivity contribution in [3.63, 3.8) is 0 Å². The highest BCUT2D eigenvalue weighted by atomic mass is 32.2. The van der Waals surface area contributed by atoms with E-state index in [1.54, 1.807) is 31.4 Å². The van der Waals surface area contributed by atoms with Gasteiger partial charge in [-0.25, -0.2) is 8.42 Å². The molecule has 2 atom stereocenters. The predicted octanol–water partition coefficient (Wildman–Crippen LogP) is 4.48. The summed E-state index contributed by atoms with van der Waals surface area (Å²) in [6.45, 7) is 11.7. The summed E-state index contributed by atoms with van der Waals surface area (Å²) in [5.41, 5.74) is 2.15. The van der Waals surface area contributed by atoms with Gasteiger partial charge in [0.2, 0.25) is 21.8 Å². The van der Waals surface area contributed by atoms with E-state index in [0.29, 0.717) is 17.9 Å². The first-order valence-corrected chi connectivity index (χ1v) is 14.9. The van der Waals surface area contributed by atoms with Crippen molar-refractivity contribution in [2.45, 2.75) is 78.4 Å². The predicted molar refractivity (Wildman–Crippen MR) is 153 cm³/mol. The molecule has 2 aromatic carbocycles. The SMILES string of the molecule is CC[C@@H](C)NC(=O)[C@H](CC)N(Cc1ccc(OC)cc1)C(=O)CN(c1ccc(C(C)(C)C)cc1)S(C)(=O)=O. The van der Waals surface area contributed by atoms with Gasteiger partial charge in [-0.2, -0.15) is 0 Å². The third-order valence-corrected chi connectivity index (χ3v) is 7.74. The fourth-order valence-electron chi connectivity index (χ4n) is 4.03. The van der Waals surface area contributed by atoms with Gasteiger partial charge in [0.05, 0.1) is 19.1 Å². The molecule has 38 heavy (non-hydrogen) atoms. The van der Waals surface area contributed by atoms with Crippen molar-refractivity contribution in [2.24, 2.45) is 0 Å². The van der Waals surface area contributed by atoms with Crippen LogP contribution in [0.25, 0.3) is 0 Å². The molecule has 210 valence electrons. The number of hydrogen-bond donors (Lipinski definition) is 1. The van der Waals surface area contributed by atoms with E-state index in [-0.39, 0.29) is 23.9 Å². The van der Waals surface area contributed by atoms with Crippen molar-refractivity contribution in [3.05, 3.63) is 59.7 Å². The quantitative estimate of drug-likeness (QED) is 0.424. The van der Waals surface area contributed by atoms with Crippen LogP contribution in [0.1, 0.15) is 65.5 Å². The molecule has 0 radical (unpaired) electrons. The van der Waals surface area contributed by atoms with Gasteiger partial charge >= 0.3 is 0 Å². The average molecular weight is 546 g/mol. The second kappa shape index (κ2) is 13.1. The van der Waals surface area contributed by atoms with Crippen LogP contribution in [0.4, 0.5) is 5.69 Å². The van der Waals surface area contributed by atoms with Gasteiger partial charge in [-0.15, -0.1) is 0 Å². The number of nitrogens with zero attached hydrogens (tertiary/aromatic N) is 2. The van der Waals surface area contributed by atoms with Gasteiger partial charge in [0.1, 0.15) is 18.3 Å². The molecule has 0 saturated carbocycles. The van der Waals surface area contributed by atoms with Crippen LogP contribution in [-0.4, -0.2) is 57.1 Å². The van der Waals surface area contributed by atoms with Crippen molar-refractivity contribution in [1.82, 2.24) is 10.2 Å². The van der Waals surface area contributed by atoms with Gasteiger partial charge < -0.3 is 15.0 Å². The normalized spacial score (nSPS) is 13.4. The Bertz CT molecular complexity index is 1170. The number of hydrogen-bond acceptors (Lipinski definition) is 5. The summed E-state index contributed by atoms with van der Waals surface area (Å²) in [5, 5.41) is 2.97. The van der Waals surface area contributed by atoms with Crippen LogP contribution < -0.4 is 14.4 Å². The average Bonchev–Trinajstić information content (AvgIpc) is 2.86. The van der Waals surface area contributed by atoms with Gasteiger partial charge in [-0.3, -0.25) is 13.9 Å². The van der Waals surface area contributed by atoms with Crippen LogP contribution in [-0.2, 0) is 31.6 Å². The molecule has 2 amide bonds. The number of amides is 2. The van der Waals surface area contributed by atoms with Gasteiger partial charge in [0.25, 0.3) is 0 Å². The summed E-state index contributed by atoms with van der Waals surface area (Å²) >= 11 is 0. The Morgan fingerprint density at radius 1 is 0.974 bits per heavy atom. The first-order valence-electron chi connectivity index (χ1n) is 13.0. The largest absolute Gasteiger partial charge is 0.497 e. The molecule has 2 rings (SSSR count). The molecule has 0 aliphatic heterocycles. The minimum atomic E-state index is -3.78. The van der Waals surface area contributed by atoms with E-state index in [9.17, 15) is 18.0 Å². The maximum atomic E-state index is 13.8. The molecule has 8 nitrogen and oxygen atoms in total. The third-order valence-electron chi connectivity index (χ3n) is 6.60. The fourth-order valence-corrected chi connectivity index (χ4v) is 4.88. The zero-order valence-electron chi connectivity index (χ0n) is 23.9. The number of sulfonamides is 1. The summed E-state index contributed by atoms with van der Waals surface area (Å²) < 4.78 is 32.0. The molecule has 0 spiro atoms. The molecule has 0 heterocycles. The van der Waals surface area contributed by atoms with Crippen LogP contribution in [0.5, 0.6) is 5.75 Å². The molecular formula is C29H43N3O5S. The number of benzene rings is 2. The monoisotopic (exact) mass is 545 g/mol. The Morgan fingerprint density at radius 3 is 2.00 bits per heavy atom. The summed E-state index contributed by atoms with van der Waals surface area (Å²) in [7, 11) is -2.21. The first-order chi connectivity index (χ1) is 17.7. The highest BCUT2D eigenvalue weighted by Gasteiger charge is 2.32. The Kier molecular flexibility index (Phi) is 10.8. The number of carbonyl (C=O) groups is 2. The molecule has 0 aliphatic carbocycles. The zero-order chi connectivity index (χ0) is 28.7. The Hall–Kier alpha value is -3.07.